The van der Waals surface area contributed by atoms with E-state index in [1.165, 1.54) is 12.8 Å². The van der Waals surface area contributed by atoms with E-state index in [-0.39, 0.29) is 25.0 Å². The summed E-state index contributed by atoms with van der Waals surface area (Å²) in [6.07, 6.45) is 14.7. The molecule has 0 saturated carbocycles. The minimum atomic E-state index is -0.0742. The third-order valence-electron chi connectivity index (χ3n) is 5.93. The number of nitrogens with one attached hydrogen (secondary N) is 2. The average molecular weight is 411 g/mol. The van der Waals surface area contributed by atoms with E-state index in [4.69, 9.17) is 5.11 Å². The van der Waals surface area contributed by atoms with Gasteiger partial charge >= 0.3 is 0 Å². The lowest BCUT2D eigenvalue weighted by Gasteiger charge is -2.29. The van der Waals surface area contributed by atoms with Gasteiger partial charge in [0.25, 0.3) is 0 Å². The van der Waals surface area contributed by atoms with E-state index in [0.29, 0.717) is 23.5 Å². The van der Waals surface area contributed by atoms with Crippen LogP contribution in [0.2, 0.25) is 0 Å². The number of aliphatic hydroxyl groups is 1. The molecule has 2 fully saturated rings. The molecule has 2 aliphatic heterocycles. The maximum Gasteiger partial charge on any atom is 0.239 e. The summed E-state index contributed by atoms with van der Waals surface area (Å²) in [5, 5.41) is 16.0. The lowest BCUT2D eigenvalue weighted by atomic mass is 9.77. The predicted molar refractivity (Wildman–Crippen MR) is 116 cm³/mol. The number of allylic oxidation sites excluding steroid dienone is 2. The third kappa shape index (κ3) is 7.78. The Balaban J connectivity index is 1.67. The Hall–Kier alpha value is -1.01. The van der Waals surface area contributed by atoms with Crippen molar-refractivity contribution in [1.82, 2.24) is 10.6 Å². The van der Waals surface area contributed by atoms with E-state index in [9.17, 15) is 9.59 Å². The van der Waals surface area contributed by atoms with Crippen LogP contribution in [0.1, 0.15) is 71.1 Å². The first-order valence-corrected chi connectivity index (χ1v) is 12.0. The van der Waals surface area contributed by atoms with Gasteiger partial charge in [0.05, 0.1) is 6.54 Å². The van der Waals surface area contributed by atoms with E-state index in [0.717, 1.165) is 56.7 Å². The van der Waals surface area contributed by atoms with Crippen LogP contribution in [-0.4, -0.2) is 47.1 Å². The molecule has 0 aromatic heterocycles. The van der Waals surface area contributed by atoms with Gasteiger partial charge in [0.15, 0.2) is 0 Å². The quantitative estimate of drug-likeness (QED) is 0.303. The van der Waals surface area contributed by atoms with Crippen LogP contribution in [0.3, 0.4) is 0 Å². The highest BCUT2D eigenvalue weighted by Crippen LogP contribution is 2.54. The van der Waals surface area contributed by atoms with Gasteiger partial charge in [-0.15, -0.1) is 0 Å². The topological polar surface area (TPSA) is 78.4 Å². The normalized spacial score (nSPS) is 26.1. The van der Waals surface area contributed by atoms with Gasteiger partial charge in [-0.25, -0.2) is 0 Å². The van der Waals surface area contributed by atoms with Crippen molar-refractivity contribution in [2.75, 3.05) is 19.7 Å². The predicted octanol–water partition coefficient (Wildman–Crippen LogP) is 3.42. The molecule has 0 unspecified atom stereocenters. The Kier molecular flexibility index (Phi) is 11.0. The van der Waals surface area contributed by atoms with Crippen molar-refractivity contribution in [3.63, 3.8) is 0 Å². The van der Waals surface area contributed by atoms with E-state index >= 15 is 0 Å². The highest BCUT2D eigenvalue weighted by molar-refractivity contribution is 8.01. The summed E-state index contributed by atoms with van der Waals surface area (Å²) in [6.45, 7) is 3.20. The standard InChI is InChI=1S/C22H38N2O3S/c1-2-3-7-11-21(26)24-16-22(27)23-15-18-17(19-12-13-20(18)28-19)10-8-5-4-6-9-14-25/h5,8,17-20,25H,2-4,6-7,9-16H2,1H3,(H,23,27)(H,24,26)/b8-5-/t17-,18+,19-,20+/m0/s1. The number of amides is 2. The molecule has 0 aliphatic carbocycles. The molecule has 2 aliphatic rings. The van der Waals surface area contributed by atoms with Gasteiger partial charge in [0, 0.05) is 30.1 Å². The van der Waals surface area contributed by atoms with Crippen molar-refractivity contribution in [2.45, 2.75) is 81.6 Å². The summed E-state index contributed by atoms with van der Waals surface area (Å²) in [5.41, 5.74) is 0. The molecule has 6 heteroatoms. The Morgan fingerprint density at radius 3 is 2.54 bits per heavy atom. The first-order chi connectivity index (χ1) is 13.7. The maximum atomic E-state index is 12.1. The molecule has 0 aromatic rings. The van der Waals surface area contributed by atoms with E-state index in [1.807, 2.05) is 0 Å². The molecule has 160 valence electrons. The van der Waals surface area contributed by atoms with E-state index in [2.05, 4.69) is 41.5 Å². The monoisotopic (exact) mass is 410 g/mol. The first kappa shape index (κ1) is 23.3. The van der Waals surface area contributed by atoms with Gasteiger partial charge in [-0.1, -0.05) is 31.9 Å². The summed E-state index contributed by atoms with van der Waals surface area (Å²) in [4.78, 5) is 23.9. The highest BCUT2D eigenvalue weighted by atomic mass is 32.2. The summed E-state index contributed by atoms with van der Waals surface area (Å²) < 4.78 is 0. The second-order valence-electron chi connectivity index (χ2n) is 8.08. The Morgan fingerprint density at radius 2 is 1.79 bits per heavy atom. The summed E-state index contributed by atoms with van der Waals surface area (Å²) in [7, 11) is 0. The average Bonchev–Trinajstić information content (AvgIpc) is 3.29. The molecular formula is C22H38N2O3S. The largest absolute Gasteiger partial charge is 0.396 e. The van der Waals surface area contributed by atoms with Crippen LogP contribution in [0.5, 0.6) is 0 Å². The van der Waals surface area contributed by atoms with Crippen LogP contribution in [0.25, 0.3) is 0 Å². The number of carbonyl (C=O) groups excluding carboxylic acids is 2. The molecule has 2 amide bonds. The summed E-state index contributed by atoms with van der Waals surface area (Å²) in [6, 6.07) is 0. The Bertz CT molecular complexity index is 512. The number of thioether (sulfide) groups is 1. The molecule has 2 saturated heterocycles. The van der Waals surface area contributed by atoms with Gasteiger partial charge in [-0.3, -0.25) is 9.59 Å². The molecule has 2 rings (SSSR count). The fourth-order valence-electron chi connectivity index (χ4n) is 4.32. The van der Waals surface area contributed by atoms with Gasteiger partial charge < -0.3 is 15.7 Å². The third-order valence-corrected chi connectivity index (χ3v) is 7.80. The molecule has 3 N–H and O–H groups in total. The SMILES string of the molecule is CCCCCC(=O)NCC(=O)NC[C@@H]1[C@H](C/C=C\CCCCO)[C@@H]2CC[C@H]1S2. The lowest BCUT2D eigenvalue weighted by molar-refractivity contribution is -0.126. The second kappa shape index (κ2) is 13.3. The fourth-order valence-corrected chi connectivity index (χ4v) is 6.33. The van der Waals surface area contributed by atoms with Crippen molar-refractivity contribution in [3.05, 3.63) is 12.2 Å². The fraction of sp³-hybridized carbons (Fsp3) is 0.818. The van der Waals surface area contributed by atoms with Gasteiger partial charge in [-0.05, 0) is 56.8 Å². The van der Waals surface area contributed by atoms with Crippen LogP contribution in [-0.2, 0) is 9.59 Å². The van der Waals surface area contributed by atoms with Crippen molar-refractivity contribution in [2.24, 2.45) is 11.8 Å². The number of unbranched alkanes of at least 4 members (excludes halogenated alkanes) is 4. The van der Waals surface area contributed by atoms with Crippen LogP contribution in [0.4, 0.5) is 0 Å². The number of hydrogen-bond donors (Lipinski definition) is 3. The molecule has 0 aromatic carbocycles. The molecule has 4 atom stereocenters. The number of aliphatic hydroxyl groups excluding tert-OH is 1. The summed E-state index contributed by atoms with van der Waals surface area (Å²) in [5.74, 6) is 1.08. The minimum Gasteiger partial charge on any atom is -0.396 e. The van der Waals surface area contributed by atoms with Crippen molar-refractivity contribution in [3.8, 4) is 0 Å². The van der Waals surface area contributed by atoms with Gasteiger partial charge in [0.1, 0.15) is 0 Å². The molecule has 0 radical (unpaired) electrons. The van der Waals surface area contributed by atoms with E-state index in [1.54, 1.807) is 0 Å². The van der Waals surface area contributed by atoms with Crippen molar-refractivity contribution < 1.29 is 14.7 Å². The number of carbonyl (C=O) groups is 2. The Morgan fingerprint density at radius 1 is 1.00 bits per heavy atom. The van der Waals surface area contributed by atoms with Crippen molar-refractivity contribution >= 4 is 23.6 Å². The second-order valence-corrected chi connectivity index (χ2v) is 9.57. The molecule has 5 nitrogen and oxygen atoms in total. The molecule has 28 heavy (non-hydrogen) atoms. The highest BCUT2D eigenvalue weighted by Gasteiger charge is 2.47. The number of rotatable bonds is 14. The zero-order valence-corrected chi connectivity index (χ0v) is 18.1. The smallest absolute Gasteiger partial charge is 0.239 e. The minimum absolute atomic E-state index is 0.0247. The zero-order chi connectivity index (χ0) is 20.2. The molecule has 0 spiro atoms. The van der Waals surface area contributed by atoms with Crippen molar-refractivity contribution in [1.29, 1.82) is 0 Å². The van der Waals surface area contributed by atoms with E-state index < -0.39 is 0 Å². The van der Waals surface area contributed by atoms with Crippen LogP contribution in [0, 0.1) is 11.8 Å². The first-order valence-electron chi connectivity index (χ1n) is 11.1. The zero-order valence-electron chi connectivity index (χ0n) is 17.3. The molecule has 2 heterocycles. The number of hydrogen-bond acceptors (Lipinski definition) is 4. The molecule has 2 bridgehead atoms. The molecular weight excluding hydrogens is 372 g/mol. The lowest BCUT2D eigenvalue weighted by Crippen LogP contribution is -2.42. The van der Waals surface area contributed by atoms with Gasteiger partial charge in [-0.2, -0.15) is 11.8 Å². The number of fused-ring (bicyclic) bond motifs is 2. The van der Waals surface area contributed by atoms with Gasteiger partial charge in [0.2, 0.25) is 11.8 Å². The van der Waals surface area contributed by atoms with Crippen LogP contribution >= 0.6 is 11.8 Å². The van der Waals surface area contributed by atoms with Crippen LogP contribution in [0.15, 0.2) is 12.2 Å². The maximum absolute atomic E-state index is 12.1. The Labute approximate surface area is 174 Å². The van der Waals surface area contributed by atoms with Crippen LogP contribution < -0.4 is 10.6 Å². The summed E-state index contributed by atoms with van der Waals surface area (Å²) >= 11 is 2.11.